The van der Waals surface area contributed by atoms with Crippen LogP contribution in [0.5, 0.6) is 0 Å². The number of aliphatic hydroxyl groups excluding tert-OH is 1. The lowest BCUT2D eigenvalue weighted by atomic mass is 10.1. The van der Waals surface area contributed by atoms with Gasteiger partial charge in [-0.15, -0.1) is 0 Å². The summed E-state index contributed by atoms with van der Waals surface area (Å²) in [5.74, 6) is 0.415. The number of aromatic nitrogens is 1. The maximum Gasteiger partial charge on any atom is 0.416 e. The molecule has 2 rings (SSSR count). The molecule has 0 bridgehead atoms. The third-order valence-electron chi connectivity index (χ3n) is 2.40. The van der Waals surface area contributed by atoms with Crippen LogP contribution in [0.4, 0.5) is 13.2 Å². The summed E-state index contributed by atoms with van der Waals surface area (Å²) in [6.45, 7) is -0.258. The maximum absolute atomic E-state index is 12.5. The third-order valence-corrected chi connectivity index (χ3v) is 2.40. The predicted molar refractivity (Wildman–Crippen MR) is 56.7 cm³/mol. The quantitative estimate of drug-likeness (QED) is 0.919. The molecule has 0 atom stereocenters. The Kier molecular flexibility index (Phi) is 3.38. The molecule has 0 spiro atoms. The Morgan fingerprint density at radius 2 is 2.00 bits per heavy atom. The van der Waals surface area contributed by atoms with Gasteiger partial charge in [-0.25, -0.2) is 0 Å². The highest BCUT2D eigenvalue weighted by molar-refractivity contribution is 5.28. The second kappa shape index (κ2) is 4.81. The molecule has 0 saturated carbocycles. The second-order valence-electron chi connectivity index (χ2n) is 3.82. The Balaban J connectivity index is 2.19. The van der Waals surface area contributed by atoms with E-state index in [1.165, 1.54) is 12.1 Å². The number of benzene rings is 1. The molecule has 1 aromatic carbocycles. The van der Waals surface area contributed by atoms with Crippen molar-refractivity contribution in [1.82, 2.24) is 5.16 Å². The Morgan fingerprint density at radius 3 is 2.61 bits per heavy atom. The minimum Gasteiger partial charge on any atom is -0.390 e. The Bertz CT molecular complexity index is 534. The van der Waals surface area contributed by atoms with Gasteiger partial charge in [-0.05, 0) is 11.6 Å². The summed E-state index contributed by atoms with van der Waals surface area (Å²) in [7, 11) is 0. The number of hydrogen-bond acceptors (Lipinski definition) is 3. The number of aliphatic hydroxyl groups is 1. The average Bonchev–Trinajstić information content (AvgIpc) is 2.76. The van der Waals surface area contributed by atoms with Gasteiger partial charge < -0.3 is 9.63 Å². The summed E-state index contributed by atoms with van der Waals surface area (Å²) < 4.78 is 42.4. The van der Waals surface area contributed by atoms with Gasteiger partial charge in [0.25, 0.3) is 0 Å². The fourth-order valence-corrected chi connectivity index (χ4v) is 1.57. The summed E-state index contributed by atoms with van der Waals surface area (Å²) in [5.41, 5.74) is 0.143. The van der Waals surface area contributed by atoms with Gasteiger partial charge in [0.2, 0.25) is 0 Å². The van der Waals surface area contributed by atoms with Gasteiger partial charge in [-0.2, -0.15) is 13.2 Å². The van der Waals surface area contributed by atoms with Gasteiger partial charge in [0.05, 0.1) is 12.2 Å². The number of nitrogens with zero attached hydrogens (tertiary/aromatic N) is 1. The lowest BCUT2D eigenvalue weighted by molar-refractivity contribution is -0.137. The van der Waals surface area contributed by atoms with E-state index in [2.05, 4.69) is 5.16 Å². The Hall–Kier alpha value is -1.82. The van der Waals surface area contributed by atoms with Crippen molar-refractivity contribution in [3.05, 3.63) is 52.9 Å². The lowest BCUT2D eigenvalue weighted by Gasteiger charge is -2.07. The molecule has 1 heterocycles. The SMILES string of the molecule is OCc1cc(Cc2cccc(C(F)(F)F)c2)on1. The molecule has 3 nitrogen and oxygen atoms in total. The van der Waals surface area contributed by atoms with Gasteiger partial charge >= 0.3 is 6.18 Å². The minimum atomic E-state index is -4.35. The number of rotatable bonds is 3. The van der Waals surface area contributed by atoms with E-state index in [0.717, 1.165) is 12.1 Å². The molecule has 0 fully saturated rings. The second-order valence-corrected chi connectivity index (χ2v) is 3.82. The largest absolute Gasteiger partial charge is 0.416 e. The number of halogens is 3. The average molecular weight is 257 g/mol. The molecule has 0 aliphatic heterocycles. The van der Waals surface area contributed by atoms with Crippen LogP contribution < -0.4 is 0 Å². The van der Waals surface area contributed by atoms with Crippen molar-refractivity contribution >= 4 is 0 Å². The lowest BCUT2D eigenvalue weighted by Crippen LogP contribution is -2.05. The molecule has 1 aromatic heterocycles. The van der Waals surface area contributed by atoms with Crippen molar-refractivity contribution in [2.45, 2.75) is 19.2 Å². The molecule has 1 N–H and O–H groups in total. The van der Waals surface area contributed by atoms with E-state index in [4.69, 9.17) is 9.63 Å². The first-order valence-corrected chi connectivity index (χ1v) is 5.20. The van der Waals surface area contributed by atoms with Crippen LogP contribution in [0, 0.1) is 0 Å². The number of alkyl halides is 3. The van der Waals surface area contributed by atoms with Crippen molar-refractivity contribution < 1.29 is 22.8 Å². The minimum absolute atomic E-state index is 0.205. The molecule has 0 radical (unpaired) electrons. The summed E-state index contributed by atoms with van der Waals surface area (Å²) in [6.07, 6.45) is -4.15. The first-order chi connectivity index (χ1) is 8.49. The molecule has 2 aromatic rings. The molecule has 0 amide bonds. The van der Waals surface area contributed by atoms with Crippen LogP contribution in [-0.2, 0) is 19.2 Å². The first kappa shape index (κ1) is 12.6. The van der Waals surface area contributed by atoms with E-state index in [0.29, 0.717) is 17.0 Å². The molecule has 0 aliphatic rings. The van der Waals surface area contributed by atoms with Crippen LogP contribution in [-0.4, -0.2) is 10.3 Å². The fraction of sp³-hybridized carbons (Fsp3) is 0.250. The smallest absolute Gasteiger partial charge is 0.390 e. The topological polar surface area (TPSA) is 46.3 Å². The Labute approximate surface area is 101 Å². The van der Waals surface area contributed by atoms with Crippen molar-refractivity contribution in [3.63, 3.8) is 0 Å². The molecule has 18 heavy (non-hydrogen) atoms. The van der Waals surface area contributed by atoms with E-state index in [1.807, 2.05) is 0 Å². The van der Waals surface area contributed by atoms with Crippen molar-refractivity contribution in [1.29, 1.82) is 0 Å². The third kappa shape index (κ3) is 2.89. The van der Waals surface area contributed by atoms with Gasteiger partial charge in [-0.3, -0.25) is 0 Å². The van der Waals surface area contributed by atoms with Gasteiger partial charge in [0, 0.05) is 12.5 Å². The fourth-order valence-electron chi connectivity index (χ4n) is 1.57. The zero-order valence-electron chi connectivity index (χ0n) is 9.24. The molecular formula is C12H10F3NO2. The zero-order chi connectivity index (χ0) is 13.2. The predicted octanol–water partition coefficient (Wildman–Crippen LogP) is 2.78. The number of hydrogen-bond donors (Lipinski definition) is 1. The molecule has 0 unspecified atom stereocenters. The normalized spacial score (nSPS) is 11.8. The van der Waals surface area contributed by atoms with Crippen LogP contribution in [0.2, 0.25) is 0 Å². The standard InChI is InChI=1S/C12H10F3NO2/c13-12(14,15)9-3-1-2-8(4-9)5-11-6-10(7-17)16-18-11/h1-4,6,17H,5,7H2. The van der Waals surface area contributed by atoms with E-state index < -0.39 is 11.7 Å². The summed E-state index contributed by atoms with van der Waals surface area (Å²) in [6, 6.07) is 6.53. The van der Waals surface area contributed by atoms with Gasteiger partial charge in [0.15, 0.2) is 0 Å². The molecular weight excluding hydrogens is 247 g/mol. The summed E-state index contributed by atoms with van der Waals surface area (Å²) in [5, 5.41) is 12.4. The van der Waals surface area contributed by atoms with Crippen LogP contribution in [0.1, 0.15) is 22.6 Å². The van der Waals surface area contributed by atoms with Crippen LogP contribution in [0.25, 0.3) is 0 Å². The van der Waals surface area contributed by atoms with E-state index >= 15 is 0 Å². The highest BCUT2D eigenvalue weighted by Gasteiger charge is 2.30. The molecule has 0 saturated heterocycles. The van der Waals surface area contributed by atoms with Crippen LogP contribution in [0.3, 0.4) is 0 Å². The van der Waals surface area contributed by atoms with Crippen molar-refractivity contribution in [2.75, 3.05) is 0 Å². The maximum atomic E-state index is 12.5. The van der Waals surface area contributed by atoms with Crippen molar-refractivity contribution in [3.8, 4) is 0 Å². The highest BCUT2D eigenvalue weighted by atomic mass is 19.4. The molecule has 0 aliphatic carbocycles. The monoisotopic (exact) mass is 257 g/mol. The zero-order valence-corrected chi connectivity index (χ0v) is 9.24. The van der Waals surface area contributed by atoms with Gasteiger partial charge in [-0.1, -0.05) is 23.4 Å². The van der Waals surface area contributed by atoms with Gasteiger partial charge in [0.1, 0.15) is 11.5 Å². The summed E-state index contributed by atoms with van der Waals surface area (Å²) >= 11 is 0. The van der Waals surface area contributed by atoms with E-state index in [-0.39, 0.29) is 13.0 Å². The van der Waals surface area contributed by atoms with E-state index in [1.54, 1.807) is 6.07 Å². The first-order valence-electron chi connectivity index (χ1n) is 5.20. The molecule has 96 valence electrons. The van der Waals surface area contributed by atoms with E-state index in [9.17, 15) is 13.2 Å². The van der Waals surface area contributed by atoms with Crippen molar-refractivity contribution in [2.24, 2.45) is 0 Å². The highest BCUT2D eigenvalue weighted by Crippen LogP contribution is 2.29. The van der Waals surface area contributed by atoms with Crippen LogP contribution >= 0.6 is 0 Å². The summed E-state index contributed by atoms with van der Waals surface area (Å²) in [4.78, 5) is 0. The molecule has 6 heteroatoms. The van der Waals surface area contributed by atoms with Crippen LogP contribution in [0.15, 0.2) is 34.9 Å². The Morgan fingerprint density at radius 1 is 1.22 bits per heavy atom.